The maximum absolute atomic E-state index is 12.5. The van der Waals surface area contributed by atoms with E-state index in [-0.39, 0.29) is 5.91 Å². The number of benzene rings is 3. The Labute approximate surface area is 202 Å². The first-order valence-corrected chi connectivity index (χ1v) is 11.7. The second-order valence-electron chi connectivity index (χ2n) is 7.33. The summed E-state index contributed by atoms with van der Waals surface area (Å²) in [5.41, 5.74) is 3.62. The van der Waals surface area contributed by atoms with Gasteiger partial charge in [0.15, 0.2) is 16.7 Å². The standard InChI is InChI=1S/C26H23ClN2O3S/c1-3-31-23-14-19(9-12-22(23)32-16-18-7-5-4-6-8-18)15-24-25(30)29-26(33-24)28-21-11-10-20(27)13-17(21)2/h4-15H,3,16H2,1-2H3,(H,28,29,30)/b24-15-. The van der Waals surface area contributed by atoms with Crippen molar-refractivity contribution < 1.29 is 14.3 Å². The predicted octanol–water partition coefficient (Wildman–Crippen LogP) is 6.52. The number of nitrogens with zero attached hydrogens (tertiary/aromatic N) is 1. The number of carbonyl (C=O) groups excluding carboxylic acids is 1. The summed E-state index contributed by atoms with van der Waals surface area (Å²) in [6.07, 6.45) is 1.82. The van der Waals surface area contributed by atoms with Crippen molar-refractivity contribution in [2.45, 2.75) is 20.5 Å². The Morgan fingerprint density at radius 1 is 1.03 bits per heavy atom. The van der Waals surface area contributed by atoms with Gasteiger partial charge in [-0.2, -0.15) is 0 Å². The van der Waals surface area contributed by atoms with Gasteiger partial charge in [-0.3, -0.25) is 4.79 Å². The minimum absolute atomic E-state index is 0.187. The van der Waals surface area contributed by atoms with Crippen molar-refractivity contribution in [2.75, 3.05) is 6.61 Å². The molecule has 1 saturated heterocycles. The minimum Gasteiger partial charge on any atom is -0.490 e. The smallest absolute Gasteiger partial charge is 0.264 e. The van der Waals surface area contributed by atoms with E-state index in [4.69, 9.17) is 21.1 Å². The van der Waals surface area contributed by atoms with Gasteiger partial charge in [-0.25, -0.2) is 4.99 Å². The molecule has 1 N–H and O–H groups in total. The van der Waals surface area contributed by atoms with Crippen molar-refractivity contribution in [3.8, 4) is 11.5 Å². The monoisotopic (exact) mass is 478 g/mol. The Bertz CT molecular complexity index is 1230. The van der Waals surface area contributed by atoms with Crippen LogP contribution in [0.3, 0.4) is 0 Å². The number of amidine groups is 1. The molecule has 0 bridgehead atoms. The molecule has 0 spiro atoms. The molecule has 0 aliphatic carbocycles. The highest BCUT2D eigenvalue weighted by Gasteiger charge is 2.24. The lowest BCUT2D eigenvalue weighted by Crippen LogP contribution is -2.19. The lowest BCUT2D eigenvalue weighted by molar-refractivity contribution is -0.115. The van der Waals surface area contributed by atoms with E-state index in [9.17, 15) is 4.79 Å². The minimum atomic E-state index is -0.187. The molecule has 0 saturated carbocycles. The van der Waals surface area contributed by atoms with Gasteiger partial charge >= 0.3 is 0 Å². The maximum atomic E-state index is 12.5. The van der Waals surface area contributed by atoms with Crippen molar-refractivity contribution in [1.82, 2.24) is 5.32 Å². The van der Waals surface area contributed by atoms with Gasteiger partial charge in [0.25, 0.3) is 5.91 Å². The Hall–Kier alpha value is -3.22. The van der Waals surface area contributed by atoms with Crippen molar-refractivity contribution >= 4 is 46.2 Å². The average Bonchev–Trinajstić information content (AvgIpc) is 3.14. The molecule has 3 aromatic carbocycles. The molecule has 0 radical (unpaired) electrons. The van der Waals surface area contributed by atoms with Crippen molar-refractivity contribution in [1.29, 1.82) is 0 Å². The van der Waals surface area contributed by atoms with E-state index in [1.807, 2.05) is 80.6 Å². The van der Waals surface area contributed by atoms with E-state index in [0.717, 1.165) is 22.4 Å². The molecule has 7 heteroatoms. The highest BCUT2D eigenvalue weighted by atomic mass is 35.5. The molecule has 0 atom stereocenters. The number of nitrogens with one attached hydrogen (secondary N) is 1. The number of hydrogen-bond donors (Lipinski definition) is 1. The first kappa shape index (κ1) is 23.0. The Kier molecular flexibility index (Phi) is 7.37. The molecule has 0 unspecified atom stereocenters. The summed E-state index contributed by atoms with van der Waals surface area (Å²) < 4.78 is 11.8. The fourth-order valence-corrected chi connectivity index (χ4v) is 4.28. The third kappa shape index (κ3) is 5.97. The average molecular weight is 479 g/mol. The maximum Gasteiger partial charge on any atom is 0.264 e. The fraction of sp³-hybridized carbons (Fsp3) is 0.154. The van der Waals surface area contributed by atoms with E-state index < -0.39 is 0 Å². The van der Waals surface area contributed by atoms with E-state index in [1.165, 1.54) is 11.8 Å². The van der Waals surface area contributed by atoms with Gasteiger partial charge in [-0.15, -0.1) is 0 Å². The zero-order chi connectivity index (χ0) is 23.2. The van der Waals surface area contributed by atoms with Gasteiger partial charge < -0.3 is 14.8 Å². The third-order valence-electron chi connectivity index (χ3n) is 4.83. The molecule has 1 heterocycles. The van der Waals surface area contributed by atoms with Crippen LogP contribution >= 0.6 is 23.4 Å². The SMILES string of the molecule is CCOc1cc(/C=C2\SC(=Nc3ccc(Cl)cc3C)NC2=O)ccc1OCc1ccccc1. The lowest BCUT2D eigenvalue weighted by atomic mass is 10.2. The van der Waals surface area contributed by atoms with Crippen LogP contribution in [0.15, 0.2) is 76.6 Å². The summed E-state index contributed by atoms with van der Waals surface area (Å²) in [4.78, 5) is 17.6. The number of ether oxygens (including phenoxy) is 2. The van der Waals surface area contributed by atoms with Gasteiger partial charge in [-0.05, 0) is 78.7 Å². The normalized spacial score (nSPS) is 15.7. The summed E-state index contributed by atoms with van der Waals surface area (Å²) in [7, 11) is 0. The van der Waals surface area contributed by atoms with Crippen LogP contribution in [-0.2, 0) is 11.4 Å². The van der Waals surface area contributed by atoms with Crippen LogP contribution in [-0.4, -0.2) is 17.7 Å². The molecule has 1 aliphatic heterocycles. The van der Waals surface area contributed by atoms with E-state index >= 15 is 0 Å². The number of carbonyl (C=O) groups is 1. The number of halogens is 1. The Balaban J connectivity index is 1.52. The highest BCUT2D eigenvalue weighted by molar-refractivity contribution is 8.18. The summed E-state index contributed by atoms with van der Waals surface area (Å²) in [6, 6.07) is 21.1. The summed E-state index contributed by atoms with van der Waals surface area (Å²) in [5.74, 6) is 1.11. The van der Waals surface area contributed by atoms with Crippen molar-refractivity contribution in [2.24, 2.45) is 4.99 Å². The fourth-order valence-electron chi connectivity index (χ4n) is 3.22. The second kappa shape index (κ2) is 10.6. The van der Waals surface area contributed by atoms with E-state index in [2.05, 4.69) is 10.3 Å². The molecule has 168 valence electrons. The first-order chi connectivity index (χ1) is 16.0. The molecule has 1 fully saturated rings. The highest BCUT2D eigenvalue weighted by Crippen LogP contribution is 2.33. The topological polar surface area (TPSA) is 59.9 Å². The molecular formula is C26H23ClN2O3S. The number of thioether (sulfide) groups is 1. The molecule has 3 aromatic rings. The van der Waals surface area contributed by atoms with E-state index in [1.54, 1.807) is 6.07 Å². The largest absolute Gasteiger partial charge is 0.490 e. The third-order valence-corrected chi connectivity index (χ3v) is 5.98. The predicted molar refractivity (Wildman–Crippen MR) is 135 cm³/mol. The van der Waals surface area contributed by atoms with Gasteiger partial charge in [0.2, 0.25) is 0 Å². The quantitative estimate of drug-likeness (QED) is 0.393. The number of aryl methyl sites for hydroxylation is 1. The molecule has 1 amide bonds. The summed E-state index contributed by atoms with van der Waals surface area (Å²) >= 11 is 7.31. The van der Waals surface area contributed by atoms with Crippen LogP contribution in [0.1, 0.15) is 23.6 Å². The van der Waals surface area contributed by atoms with E-state index in [0.29, 0.717) is 39.8 Å². The molecule has 5 nitrogen and oxygen atoms in total. The first-order valence-electron chi connectivity index (χ1n) is 10.5. The number of aliphatic imine (C=N–C) groups is 1. The molecular weight excluding hydrogens is 456 g/mol. The van der Waals surface area contributed by atoms with Gasteiger partial charge in [-0.1, -0.05) is 48.0 Å². The van der Waals surface area contributed by atoms with Crippen LogP contribution < -0.4 is 14.8 Å². The molecule has 1 aliphatic rings. The Morgan fingerprint density at radius 3 is 2.61 bits per heavy atom. The van der Waals surface area contributed by atoms with Crippen LogP contribution in [0.5, 0.6) is 11.5 Å². The zero-order valence-corrected chi connectivity index (χ0v) is 19.9. The second-order valence-corrected chi connectivity index (χ2v) is 8.79. The summed E-state index contributed by atoms with van der Waals surface area (Å²) in [5, 5.41) is 4.01. The van der Waals surface area contributed by atoms with Crippen LogP contribution in [0, 0.1) is 6.92 Å². The molecule has 33 heavy (non-hydrogen) atoms. The summed E-state index contributed by atoms with van der Waals surface area (Å²) in [6.45, 7) is 4.81. The number of amides is 1. The zero-order valence-electron chi connectivity index (χ0n) is 18.3. The van der Waals surface area contributed by atoms with Gasteiger partial charge in [0.1, 0.15) is 6.61 Å². The van der Waals surface area contributed by atoms with Crippen molar-refractivity contribution in [3.63, 3.8) is 0 Å². The molecule has 4 rings (SSSR count). The number of hydrogen-bond acceptors (Lipinski definition) is 5. The van der Waals surface area contributed by atoms with Crippen LogP contribution in [0.4, 0.5) is 5.69 Å². The number of rotatable bonds is 7. The van der Waals surface area contributed by atoms with Gasteiger partial charge in [0.05, 0.1) is 17.2 Å². The van der Waals surface area contributed by atoms with Crippen LogP contribution in [0.2, 0.25) is 5.02 Å². The Morgan fingerprint density at radius 2 is 1.85 bits per heavy atom. The lowest BCUT2D eigenvalue weighted by Gasteiger charge is -2.13. The van der Waals surface area contributed by atoms with Crippen LogP contribution in [0.25, 0.3) is 6.08 Å². The van der Waals surface area contributed by atoms with Gasteiger partial charge in [0, 0.05) is 5.02 Å². The van der Waals surface area contributed by atoms with Crippen molar-refractivity contribution in [3.05, 3.63) is 93.3 Å². The molecule has 0 aromatic heterocycles.